The van der Waals surface area contributed by atoms with E-state index in [4.69, 9.17) is 5.11 Å². The number of nitrogens with one attached hydrogen (secondary N) is 1. The van der Waals surface area contributed by atoms with Gasteiger partial charge in [-0.05, 0) is 31.6 Å². The standard InChI is InChI=1S/C12H19NO4/c14-10(7-4-5-7)6-13-11(15)8-2-1-3-9(8)12(16)17/h7-10,14H,1-6H2,(H,13,15)(H,16,17)/t8-,9+,10?/m1/s1. The lowest BCUT2D eigenvalue weighted by Gasteiger charge is -2.17. The molecule has 0 aromatic rings. The third-order valence-corrected chi connectivity index (χ3v) is 3.82. The highest BCUT2D eigenvalue weighted by molar-refractivity contribution is 5.85. The van der Waals surface area contributed by atoms with Crippen LogP contribution < -0.4 is 5.32 Å². The van der Waals surface area contributed by atoms with Gasteiger partial charge in [-0.1, -0.05) is 6.42 Å². The van der Waals surface area contributed by atoms with E-state index < -0.39 is 23.9 Å². The summed E-state index contributed by atoms with van der Waals surface area (Å²) in [5.74, 6) is -1.74. The second kappa shape index (κ2) is 5.04. The Morgan fingerprint density at radius 1 is 1.18 bits per heavy atom. The molecular weight excluding hydrogens is 222 g/mol. The Morgan fingerprint density at radius 3 is 2.41 bits per heavy atom. The predicted molar refractivity (Wildman–Crippen MR) is 60.2 cm³/mol. The van der Waals surface area contributed by atoms with Crippen molar-refractivity contribution in [3.05, 3.63) is 0 Å². The summed E-state index contributed by atoms with van der Waals surface area (Å²) in [4.78, 5) is 22.8. The molecule has 2 saturated carbocycles. The lowest BCUT2D eigenvalue weighted by Crippen LogP contribution is -2.39. The number of carboxylic acids is 1. The van der Waals surface area contributed by atoms with Gasteiger partial charge in [-0.25, -0.2) is 0 Å². The lowest BCUT2D eigenvalue weighted by atomic mass is 9.95. The number of carbonyl (C=O) groups is 2. The first-order valence-corrected chi connectivity index (χ1v) is 6.28. The molecule has 2 rings (SSSR count). The Morgan fingerprint density at radius 2 is 1.82 bits per heavy atom. The average Bonchev–Trinajstić information content (AvgIpc) is 3.02. The van der Waals surface area contributed by atoms with E-state index in [1.807, 2.05) is 0 Å². The van der Waals surface area contributed by atoms with Crippen LogP contribution in [0.3, 0.4) is 0 Å². The number of aliphatic carboxylic acids is 1. The maximum absolute atomic E-state index is 11.8. The number of aliphatic hydroxyl groups is 1. The summed E-state index contributed by atoms with van der Waals surface area (Å²) >= 11 is 0. The molecule has 0 aromatic carbocycles. The zero-order valence-electron chi connectivity index (χ0n) is 9.76. The monoisotopic (exact) mass is 241 g/mol. The van der Waals surface area contributed by atoms with Crippen LogP contribution in [0.5, 0.6) is 0 Å². The van der Waals surface area contributed by atoms with Crippen molar-refractivity contribution in [2.45, 2.75) is 38.2 Å². The molecule has 0 radical (unpaired) electrons. The molecule has 5 heteroatoms. The van der Waals surface area contributed by atoms with Crippen molar-refractivity contribution in [3.8, 4) is 0 Å². The van der Waals surface area contributed by atoms with Crippen molar-refractivity contribution in [2.75, 3.05) is 6.54 Å². The molecule has 0 heterocycles. The SMILES string of the molecule is O=C(O)[C@H]1CCC[C@H]1C(=O)NCC(O)C1CC1. The zero-order chi connectivity index (χ0) is 12.4. The molecule has 2 fully saturated rings. The van der Waals surface area contributed by atoms with Gasteiger partial charge in [0.05, 0.1) is 17.9 Å². The molecule has 1 amide bonds. The molecular formula is C12H19NO4. The van der Waals surface area contributed by atoms with Crippen LogP contribution in [0.2, 0.25) is 0 Å². The normalized spacial score (nSPS) is 29.9. The van der Waals surface area contributed by atoms with Crippen LogP contribution in [0, 0.1) is 17.8 Å². The van der Waals surface area contributed by atoms with Crippen LogP contribution in [-0.4, -0.2) is 34.7 Å². The van der Waals surface area contributed by atoms with Crippen LogP contribution >= 0.6 is 0 Å². The summed E-state index contributed by atoms with van der Waals surface area (Å²) in [6.45, 7) is 0.256. The second-order valence-electron chi connectivity index (χ2n) is 5.13. The predicted octanol–water partition coefficient (Wildman–Crippen LogP) is 0.374. The third kappa shape index (κ3) is 2.97. The minimum Gasteiger partial charge on any atom is -0.481 e. The van der Waals surface area contributed by atoms with Gasteiger partial charge >= 0.3 is 5.97 Å². The first-order valence-electron chi connectivity index (χ1n) is 6.28. The van der Waals surface area contributed by atoms with E-state index in [1.54, 1.807) is 0 Å². The van der Waals surface area contributed by atoms with Crippen molar-refractivity contribution < 1.29 is 19.8 Å². The topological polar surface area (TPSA) is 86.6 Å². The van der Waals surface area contributed by atoms with E-state index in [9.17, 15) is 14.7 Å². The molecule has 0 bridgehead atoms. The largest absolute Gasteiger partial charge is 0.481 e. The highest BCUT2D eigenvalue weighted by Crippen LogP contribution is 2.33. The maximum atomic E-state index is 11.8. The number of rotatable bonds is 5. The summed E-state index contributed by atoms with van der Waals surface area (Å²) in [6, 6.07) is 0. The average molecular weight is 241 g/mol. The maximum Gasteiger partial charge on any atom is 0.307 e. The van der Waals surface area contributed by atoms with Crippen molar-refractivity contribution in [1.29, 1.82) is 0 Å². The Bertz CT molecular complexity index is 314. The Kier molecular flexibility index (Phi) is 3.66. The van der Waals surface area contributed by atoms with Crippen molar-refractivity contribution in [3.63, 3.8) is 0 Å². The van der Waals surface area contributed by atoms with E-state index in [0.29, 0.717) is 18.8 Å². The number of carboxylic acid groups (broad SMARTS) is 1. The van der Waals surface area contributed by atoms with Gasteiger partial charge in [0.25, 0.3) is 0 Å². The van der Waals surface area contributed by atoms with E-state index in [1.165, 1.54) is 0 Å². The number of aliphatic hydroxyl groups excluding tert-OH is 1. The highest BCUT2D eigenvalue weighted by Gasteiger charge is 2.38. The van der Waals surface area contributed by atoms with Crippen LogP contribution in [0.4, 0.5) is 0 Å². The van der Waals surface area contributed by atoms with Crippen molar-refractivity contribution in [2.24, 2.45) is 17.8 Å². The van der Waals surface area contributed by atoms with Crippen LogP contribution in [0.15, 0.2) is 0 Å². The number of hydrogen-bond acceptors (Lipinski definition) is 3. The van der Waals surface area contributed by atoms with Crippen LogP contribution in [-0.2, 0) is 9.59 Å². The lowest BCUT2D eigenvalue weighted by molar-refractivity contribution is -0.146. The fraction of sp³-hybridized carbons (Fsp3) is 0.833. The van der Waals surface area contributed by atoms with E-state index >= 15 is 0 Å². The third-order valence-electron chi connectivity index (χ3n) is 3.82. The van der Waals surface area contributed by atoms with Gasteiger partial charge in [0.2, 0.25) is 5.91 Å². The molecule has 0 saturated heterocycles. The molecule has 3 atom stereocenters. The summed E-state index contributed by atoms with van der Waals surface area (Å²) < 4.78 is 0. The molecule has 96 valence electrons. The van der Waals surface area contributed by atoms with Gasteiger partial charge in [-0.2, -0.15) is 0 Å². The number of amides is 1. The minimum atomic E-state index is -0.884. The quantitative estimate of drug-likeness (QED) is 0.649. The molecule has 0 spiro atoms. The molecule has 2 aliphatic rings. The molecule has 3 N–H and O–H groups in total. The fourth-order valence-corrected chi connectivity index (χ4v) is 2.55. The van der Waals surface area contributed by atoms with E-state index in [-0.39, 0.29) is 12.5 Å². The first kappa shape index (κ1) is 12.4. The Balaban J connectivity index is 1.80. The molecule has 2 aliphatic carbocycles. The number of carbonyl (C=O) groups excluding carboxylic acids is 1. The van der Waals surface area contributed by atoms with Gasteiger partial charge in [0.15, 0.2) is 0 Å². The van der Waals surface area contributed by atoms with Gasteiger partial charge in [-0.15, -0.1) is 0 Å². The van der Waals surface area contributed by atoms with Crippen molar-refractivity contribution in [1.82, 2.24) is 5.32 Å². The molecule has 17 heavy (non-hydrogen) atoms. The van der Waals surface area contributed by atoms with Crippen LogP contribution in [0.25, 0.3) is 0 Å². The second-order valence-corrected chi connectivity index (χ2v) is 5.13. The summed E-state index contributed by atoms with van der Waals surface area (Å²) in [5.41, 5.74) is 0. The Hall–Kier alpha value is -1.10. The Labute approximate surface area is 100 Å². The zero-order valence-corrected chi connectivity index (χ0v) is 9.76. The first-order chi connectivity index (χ1) is 8.09. The molecule has 0 aromatic heterocycles. The highest BCUT2D eigenvalue weighted by atomic mass is 16.4. The minimum absolute atomic E-state index is 0.213. The van der Waals surface area contributed by atoms with Gasteiger partial charge in [0.1, 0.15) is 0 Å². The fourth-order valence-electron chi connectivity index (χ4n) is 2.55. The van der Waals surface area contributed by atoms with Gasteiger partial charge < -0.3 is 15.5 Å². The number of hydrogen-bond donors (Lipinski definition) is 3. The summed E-state index contributed by atoms with van der Waals surface area (Å²) in [6.07, 6.45) is 3.60. The molecule has 0 aliphatic heterocycles. The smallest absolute Gasteiger partial charge is 0.307 e. The summed E-state index contributed by atoms with van der Waals surface area (Å²) in [7, 11) is 0. The van der Waals surface area contributed by atoms with E-state index in [2.05, 4.69) is 5.32 Å². The van der Waals surface area contributed by atoms with Gasteiger partial charge in [-0.3, -0.25) is 9.59 Å². The summed E-state index contributed by atoms with van der Waals surface area (Å²) in [5, 5.41) is 21.3. The van der Waals surface area contributed by atoms with Crippen LogP contribution in [0.1, 0.15) is 32.1 Å². The van der Waals surface area contributed by atoms with E-state index in [0.717, 1.165) is 19.3 Å². The molecule has 5 nitrogen and oxygen atoms in total. The van der Waals surface area contributed by atoms with Crippen molar-refractivity contribution >= 4 is 11.9 Å². The molecule has 1 unspecified atom stereocenters. The van der Waals surface area contributed by atoms with Gasteiger partial charge in [0, 0.05) is 6.54 Å².